The molecule has 0 aliphatic heterocycles. The molecule has 4 nitrogen and oxygen atoms in total. The molecule has 1 aromatic carbocycles. The summed E-state index contributed by atoms with van der Waals surface area (Å²) >= 11 is 0. The van der Waals surface area contributed by atoms with Crippen molar-refractivity contribution >= 4 is 11.9 Å². The van der Waals surface area contributed by atoms with E-state index in [9.17, 15) is 9.59 Å². The minimum absolute atomic E-state index is 0.0911. The summed E-state index contributed by atoms with van der Waals surface area (Å²) in [6, 6.07) is 7.31. The van der Waals surface area contributed by atoms with Crippen LogP contribution in [0.4, 0.5) is 0 Å². The minimum atomic E-state index is -0.938. The van der Waals surface area contributed by atoms with Gasteiger partial charge in [-0.25, -0.2) is 4.79 Å². The summed E-state index contributed by atoms with van der Waals surface area (Å²) in [5, 5.41) is 9.12. The van der Waals surface area contributed by atoms with Crippen LogP contribution in [0.2, 0.25) is 0 Å². The van der Waals surface area contributed by atoms with Crippen molar-refractivity contribution in [2.45, 2.75) is 51.6 Å². The Morgan fingerprint density at radius 1 is 1.25 bits per heavy atom. The number of carbonyl (C=O) groups is 2. The van der Waals surface area contributed by atoms with Gasteiger partial charge in [0.15, 0.2) is 0 Å². The second kappa shape index (κ2) is 6.07. The molecule has 1 aliphatic rings. The number of aliphatic carboxylic acids is 1. The van der Waals surface area contributed by atoms with Crippen LogP contribution in [0.25, 0.3) is 0 Å². The van der Waals surface area contributed by atoms with Gasteiger partial charge in [-0.1, -0.05) is 31.2 Å². The lowest BCUT2D eigenvalue weighted by atomic mass is 10.1. The number of amides is 1. The third-order valence-corrected chi connectivity index (χ3v) is 3.79. The number of aryl methyl sites for hydroxylation is 1. The number of nitrogens with zero attached hydrogens (tertiary/aromatic N) is 1. The number of benzene rings is 1. The summed E-state index contributed by atoms with van der Waals surface area (Å²) in [6.45, 7) is 3.67. The van der Waals surface area contributed by atoms with E-state index in [2.05, 4.69) is 6.92 Å². The Bertz CT molecular complexity index is 491. The van der Waals surface area contributed by atoms with Gasteiger partial charge in [0.25, 0.3) is 0 Å². The van der Waals surface area contributed by atoms with Crippen molar-refractivity contribution in [1.82, 2.24) is 4.90 Å². The number of rotatable bonds is 6. The molecule has 0 bridgehead atoms. The number of hydrogen-bond acceptors (Lipinski definition) is 2. The molecule has 1 aliphatic carbocycles. The maximum absolute atomic E-state index is 12.4. The summed E-state index contributed by atoms with van der Waals surface area (Å²) < 4.78 is 0. The highest BCUT2D eigenvalue weighted by atomic mass is 16.4. The summed E-state index contributed by atoms with van der Waals surface area (Å²) in [5.74, 6) is -1.03. The Morgan fingerprint density at radius 2 is 1.80 bits per heavy atom. The summed E-state index contributed by atoms with van der Waals surface area (Å²) in [6.07, 6.45) is 3.08. The van der Waals surface area contributed by atoms with Crippen LogP contribution in [0.3, 0.4) is 0 Å². The summed E-state index contributed by atoms with van der Waals surface area (Å²) in [7, 11) is 0. The van der Waals surface area contributed by atoms with Crippen LogP contribution in [0, 0.1) is 0 Å². The molecule has 1 N–H and O–H groups in total. The highest BCUT2D eigenvalue weighted by molar-refractivity contribution is 5.85. The Hall–Kier alpha value is -1.84. The number of carboxylic acid groups (broad SMARTS) is 1. The first kappa shape index (κ1) is 14.6. The highest BCUT2D eigenvalue weighted by Crippen LogP contribution is 2.29. The van der Waals surface area contributed by atoms with E-state index >= 15 is 0 Å². The average molecular weight is 275 g/mol. The first-order valence-electron chi connectivity index (χ1n) is 7.14. The maximum Gasteiger partial charge on any atom is 0.326 e. The van der Waals surface area contributed by atoms with E-state index in [-0.39, 0.29) is 18.4 Å². The standard InChI is InChI=1S/C16H21NO3/c1-3-12-4-6-13(7-5-12)10-15(18)17(14-8-9-14)11(2)16(19)20/h4-7,11,14H,3,8-10H2,1-2H3,(H,19,20). The van der Waals surface area contributed by atoms with Gasteiger partial charge in [0.2, 0.25) is 5.91 Å². The minimum Gasteiger partial charge on any atom is -0.480 e. The molecule has 1 fully saturated rings. The van der Waals surface area contributed by atoms with Gasteiger partial charge in [-0.05, 0) is 37.3 Å². The largest absolute Gasteiger partial charge is 0.480 e. The molecule has 0 radical (unpaired) electrons. The topological polar surface area (TPSA) is 57.6 Å². The molecular formula is C16H21NO3. The predicted octanol–water partition coefficient (Wildman–Crippen LogP) is 2.26. The smallest absolute Gasteiger partial charge is 0.326 e. The van der Waals surface area contributed by atoms with Crippen LogP contribution in [0.5, 0.6) is 0 Å². The lowest BCUT2D eigenvalue weighted by Gasteiger charge is -2.26. The van der Waals surface area contributed by atoms with Gasteiger partial charge in [-0.15, -0.1) is 0 Å². The maximum atomic E-state index is 12.4. The summed E-state index contributed by atoms with van der Waals surface area (Å²) in [4.78, 5) is 25.0. The van der Waals surface area contributed by atoms with Gasteiger partial charge in [0, 0.05) is 6.04 Å². The fourth-order valence-electron chi connectivity index (χ4n) is 2.37. The van der Waals surface area contributed by atoms with E-state index in [1.54, 1.807) is 6.92 Å². The molecule has 4 heteroatoms. The third kappa shape index (κ3) is 3.38. The first-order chi connectivity index (χ1) is 9.52. The molecule has 0 heterocycles. The van der Waals surface area contributed by atoms with Crippen molar-refractivity contribution in [2.75, 3.05) is 0 Å². The average Bonchev–Trinajstić information content (AvgIpc) is 3.24. The van der Waals surface area contributed by atoms with Crippen molar-refractivity contribution < 1.29 is 14.7 Å². The molecule has 1 amide bonds. The Labute approximate surface area is 119 Å². The van der Waals surface area contributed by atoms with Crippen molar-refractivity contribution in [1.29, 1.82) is 0 Å². The van der Waals surface area contributed by atoms with E-state index in [1.807, 2.05) is 24.3 Å². The van der Waals surface area contributed by atoms with Crippen LogP contribution in [-0.2, 0) is 22.4 Å². The van der Waals surface area contributed by atoms with E-state index in [1.165, 1.54) is 10.5 Å². The number of carbonyl (C=O) groups excluding carboxylic acids is 1. The Balaban J connectivity index is 2.06. The number of hydrogen-bond donors (Lipinski definition) is 1. The second-order valence-electron chi connectivity index (χ2n) is 5.39. The molecule has 1 saturated carbocycles. The van der Waals surface area contributed by atoms with Gasteiger partial charge >= 0.3 is 5.97 Å². The van der Waals surface area contributed by atoms with Gasteiger partial charge in [-0.3, -0.25) is 4.79 Å². The van der Waals surface area contributed by atoms with Crippen LogP contribution in [0.15, 0.2) is 24.3 Å². The monoisotopic (exact) mass is 275 g/mol. The van der Waals surface area contributed by atoms with Crippen LogP contribution in [0.1, 0.15) is 37.8 Å². The molecular weight excluding hydrogens is 254 g/mol. The normalized spacial score (nSPS) is 15.7. The molecule has 0 aromatic heterocycles. The van der Waals surface area contributed by atoms with Gasteiger partial charge < -0.3 is 10.0 Å². The van der Waals surface area contributed by atoms with Crippen molar-refractivity contribution in [3.63, 3.8) is 0 Å². The van der Waals surface area contributed by atoms with E-state index < -0.39 is 12.0 Å². The fourth-order valence-corrected chi connectivity index (χ4v) is 2.37. The fraction of sp³-hybridized carbons (Fsp3) is 0.500. The van der Waals surface area contributed by atoms with Gasteiger partial charge in [0.05, 0.1) is 6.42 Å². The van der Waals surface area contributed by atoms with Gasteiger partial charge in [0.1, 0.15) is 6.04 Å². The van der Waals surface area contributed by atoms with Gasteiger partial charge in [-0.2, -0.15) is 0 Å². The van der Waals surface area contributed by atoms with E-state index in [4.69, 9.17) is 5.11 Å². The molecule has 0 spiro atoms. The quantitative estimate of drug-likeness (QED) is 0.866. The first-order valence-corrected chi connectivity index (χ1v) is 7.14. The van der Waals surface area contributed by atoms with Crippen molar-refractivity contribution in [3.8, 4) is 0 Å². The van der Waals surface area contributed by atoms with Crippen molar-refractivity contribution in [2.24, 2.45) is 0 Å². The molecule has 2 rings (SSSR count). The van der Waals surface area contributed by atoms with Crippen LogP contribution >= 0.6 is 0 Å². The van der Waals surface area contributed by atoms with E-state index in [0.717, 1.165) is 24.8 Å². The SMILES string of the molecule is CCc1ccc(CC(=O)N(C2CC2)C(C)C(=O)O)cc1. The zero-order valence-electron chi connectivity index (χ0n) is 12.0. The molecule has 1 atom stereocenters. The molecule has 0 saturated heterocycles. The lowest BCUT2D eigenvalue weighted by molar-refractivity contribution is -0.149. The second-order valence-corrected chi connectivity index (χ2v) is 5.39. The summed E-state index contributed by atoms with van der Waals surface area (Å²) in [5.41, 5.74) is 2.18. The molecule has 20 heavy (non-hydrogen) atoms. The van der Waals surface area contributed by atoms with Crippen molar-refractivity contribution in [3.05, 3.63) is 35.4 Å². The molecule has 1 aromatic rings. The molecule has 108 valence electrons. The zero-order chi connectivity index (χ0) is 14.7. The highest BCUT2D eigenvalue weighted by Gasteiger charge is 2.38. The van der Waals surface area contributed by atoms with Crippen LogP contribution in [-0.4, -0.2) is 34.0 Å². The third-order valence-electron chi connectivity index (χ3n) is 3.79. The molecule has 1 unspecified atom stereocenters. The lowest BCUT2D eigenvalue weighted by Crippen LogP contribution is -2.45. The zero-order valence-corrected chi connectivity index (χ0v) is 12.0. The Morgan fingerprint density at radius 3 is 2.25 bits per heavy atom. The number of carboxylic acids is 1. The van der Waals surface area contributed by atoms with E-state index in [0.29, 0.717) is 0 Å². The Kier molecular flexibility index (Phi) is 4.42. The van der Waals surface area contributed by atoms with Crippen LogP contribution < -0.4 is 0 Å². The predicted molar refractivity (Wildman–Crippen MR) is 76.5 cm³/mol.